The zero-order valence-corrected chi connectivity index (χ0v) is 9.33. The summed E-state index contributed by atoms with van der Waals surface area (Å²) in [5.41, 5.74) is 0.690. The maximum atomic E-state index is 5.75. The van der Waals surface area contributed by atoms with Gasteiger partial charge in [-0.25, -0.2) is 9.97 Å². The van der Waals surface area contributed by atoms with E-state index < -0.39 is 0 Å². The molecule has 3 nitrogen and oxygen atoms in total. The Kier molecular flexibility index (Phi) is 2.74. The monoisotopic (exact) mass is 269 g/mol. The minimum Gasteiger partial charge on any atom is -0.252 e. The van der Waals surface area contributed by atoms with E-state index in [1.165, 1.54) is 0 Å². The van der Waals surface area contributed by atoms with E-state index in [4.69, 9.17) is 11.6 Å². The lowest BCUT2D eigenvalue weighted by molar-refractivity contribution is 1.13. The van der Waals surface area contributed by atoms with E-state index in [1.807, 2.05) is 12.1 Å². The van der Waals surface area contributed by atoms with Gasteiger partial charge >= 0.3 is 0 Å². The van der Waals surface area contributed by atoms with Crippen LogP contribution in [0.25, 0.3) is 11.5 Å². The van der Waals surface area contributed by atoms with Crippen molar-refractivity contribution >= 4 is 27.5 Å². The van der Waals surface area contributed by atoms with Crippen molar-refractivity contribution in [3.05, 3.63) is 40.2 Å². The minimum atomic E-state index is 0.410. The Labute approximate surface area is 94.3 Å². The third-order valence-electron chi connectivity index (χ3n) is 1.59. The van der Waals surface area contributed by atoms with Crippen molar-refractivity contribution in [3.63, 3.8) is 0 Å². The van der Waals surface area contributed by atoms with E-state index >= 15 is 0 Å². The summed E-state index contributed by atoms with van der Waals surface area (Å²) in [4.78, 5) is 12.3. The molecule has 0 bridgehead atoms. The average Bonchev–Trinajstić information content (AvgIpc) is 2.18. The van der Waals surface area contributed by atoms with Gasteiger partial charge in [-0.1, -0.05) is 11.6 Å². The van der Waals surface area contributed by atoms with Gasteiger partial charge in [-0.2, -0.15) is 0 Å². The van der Waals surface area contributed by atoms with E-state index in [0.717, 1.165) is 4.47 Å². The molecule has 0 aromatic carbocycles. The number of hydrogen-bond acceptors (Lipinski definition) is 3. The summed E-state index contributed by atoms with van der Waals surface area (Å²) in [6.45, 7) is 0. The second-order valence-corrected chi connectivity index (χ2v) is 3.78. The summed E-state index contributed by atoms with van der Waals surface area (Å²) in [5.74, 6) is 0.518. The summed E-state index contributed by atoms with van der Waals surface area (Å²) in [5, 5.41) is 0.410. The first-order valence-electron chi connectivity index (χ1n) is 3.87. The molecule has 2 aromatic heterocycles. The predicted molar refractivity (Wildman–Crippen MR) is 58.0 cm³/mol. The molecule has 0 saturated carbocycles. The Morgan fingerprint density at radius 2 is 2.00 bits per heavy atom. The van der Waals surface area contributed by atoms with Crippen LogP contribution in [0.1, 0.15) is 0 Å². The van der Waals surface area contributed by atoms with Gasteiger partial charge in [-0.3, -0.25) is 4.98 Å². The highest BCUT2D eigenvalue weighted by molar-refractivity contribution is 9.10. The lowest BCUT2D eigenvalue weighted by atomic mass is 10.3. The van der Waals surface area contributed by atoms with Crippen molar-refractivity contribution in [3.8, 4) is 11.5 Å². The smallest absolute Gasteiger partial charge is 0.180 e. The largest absolute Gasteiger partial charge is 0.252 e. The molecule has 2 heterocycles. The van der Waals surface area contributed by atoms with Crippen molar-refractivity contribution in [1.82, 2.24) is 15.0 Å². The van der Waals surface area contributed by atoms with E-state index in [1.54, 1.807) is 18.5 Å². The van der Waals surface area contributed by atoms with Gasteiger partial charge in [0.05, 0.1) is 0 Å². The molecule has 0 unspecified atom stereocenters. The summed E-state index contributed by atoms with van der Waals surface area (Å²) < 4.78 is 0.849. The van der Waals surface area contributed by atoms with Crippen LogP contribution in [0.2, 0.25) is 5.15 Å². The molecular weight excluding hydrogens is 265 g/mol. The second kappa shape index (κ2) is 4.02. The Bertz CT molecular complexity index is 461. The number of rotatable bonds is 1. The van der Waals surface area contributed by atoms with Gasteiger partial charge in [0.1, 0.15) is 10.8 Å². The second-order valence-electron chi connectivity index (χ2n) is 2.54. The molecule has 2 rings (SSSR count). The molecule has 0 fully saturated rings. The Morgan fingerprint density at radius 3 is 2.71 bits per heavy atom. The topological polar surface area (TPSA) is 38.7 Å². The summed E-state index contributed by atoms with van der Waals surface area (Å²) >= 11 is 9.12. The first kappa shape index (κ1) is 9.55. The Balaban J connectivity index is 2.55. The molecule has 2 aromatic rings. The lowest BCUT2D eigenvalue weighted by Crippen LogP contribution is -1.91. The first-order valence-corrected chi connectivity index (χ1v) is 5.04. The van der Waals surface area contributed by atoms with Crippen LogP contribution in [0.15, 0.2) is 35.1 Å². The SMILES string of the molecule is Clc1ccnc(-c2ncccc2Br)n1. The molecule has 14 heavy (non-hydrogen) atoms. The highest BCUT2D eigenvalue weighted by Crippen LogP contribution is 2.22. The van der Waals surface area contributed by atoms with Gasteiger partial charge in [0, 0.05) is 16.9 Å². The average molecular weight is 271 g/mol. The van der Waals surface area contributed by atoms with Gasteiger partial charge in [0.2, 0.25) is 0 Å². The Hall–Kier alpha value is -1.000. The number of nitrogens with zero attached hydrogens (tertiary/aromatic N) is 3. The third kappa shape index (κ3) is 1.91. The number of pyridine rings is 1. The first-order chi connectivity index (χ1) is 6.77. The van der Waals surface area contributed by atoms with Gasteiger partial charge in [-0.05, 0) is 34.1 Å². The van der Waals surface area contributed by atoms with Crippen molar-refractivity contribution in [2.45, 2.75) is 0 Å². The molecule has 0 N–H and O–H groups in total. The molecule has 0 aliphatic heterocycles. The van der Waals surface area contributed by atoms with E-state index in [2.05, 4.69) is 30.9 Å². The standard InChI is InChI=1S/C9H5BrClN3/c10-6-2-1-4-12-8(6)9-13-5-3-7(11)14-9/h1-5H. The summed E-state index contributed by atoms with van der Waals surface area (Å²) in [6, 6.07) is 5.34. The van der Waals surface area contributed by atoms with Crippen LogP contribution < -0.4 is 0 Å². The lowest BCUT2D eigenvalue weighted by Gasteiger charge is -2.00. The van der Waals surface area contributed by atoms with E-state index in [9.17, 15) is 0 Å². The van der Waals surface area contributed by atoms with Crippen LogP contribution in [0.3, 0.4) is 0 Å². The molecule has 0 saturated heterocycles. The number of aromatic nitrogens is 3. The van der Waals surface area contributed by atoms with Crippen LogP contribution in [0, 0.1) is 0 Å². The molecule has 0 aliphatic rings. The van der Waals surface area contributed by atoms with E-state index in [0.29, 0.717) is 16.7 Å². The minimum absolute atomic E-state index is 0.410. The quantitative estimate of drug-likeness (QED) is 0.748. The summed E-state index contributed by atoms with van der Waals surface area (Å²) in [6.07, 6.45) is 3.29. The zero-order chi connectivity index (χ0) is 9.97. The molecule has 0 radical (unpaired) electrons. The van der Waals surface area contributed by atoms with Crippen LogP contribution in [-0.4, -0.2) is 15.0 Å². The van der Waals surface area contributed by atoms with Crippen LogP contribution in [0.4, 0.5) is 0 Å². The van der Waals surface area contributed by atoms with Gasteiger partial charge in [-0.15, -0.1) is 0 Å². The molecule has 5 heteroatoms. The molecule has 0 atom stereocenters. The fourth-order valence-electron chi connectivity index (χ4n) is 1.00. The highest BCUT2D eigenvalue weighted by Gasteiger charge is 2.06. The molecule has 0 amide bonds. The van der Waals surface area contributed by atoms with Gasteiger partial charge in [0.15, 0.2) is 5.82 Å². The molecule has 70 valence electrons. The number of halogens is 2. The Morgan fingerprint density at radius 1 is 1.14 bits per heavy atom. The predicted octanol–water partition coefficient (Wildman–Crippen LogP) is 2.95. The van der Waals surface area contributed by atoms with Gasteiger partial charge in [0.25, 0.3) is 0 Å². The third-order valence-corrected chi connectivity index (χ3v) is 2.44. The zero-order valence-electron chi connectivity index (χ0n) is 6.98. The van der Waals surface area contributed by atoms with E-state index in [-0.39, 0.29) is 0 Å². The van der Waals surface area contributed by atoms with Crippen LogP contribution >= 0.6 is 27.5 Å². The fourth-order valence-corrected chi connectivity index (χ4v) is 1.57. The normalized spacial score (nSPS) is 10.1. The van der Waals surface area contributed by atoms with Crippen molar-refractivity contribution in [1.29, 1.82) is 0 Å². The molecular formula is C9H5BrClN3. The maximum Gasteiger partial charge on any atom is 0.180 e. The van der Waals surface area contributed by atoms with Gasteiger partial charge < -0.3 is 0 Å². The van der Waals surface area contributed by atoms with Crippen molar-refractivity contribution < 1.29 is 0 Å². The van der Waals surface area contributed by atoms with Crippen molar-refractivity contribution in [2.24, 2.45) is 0 Å². The summed E-state index contributed by atoms with van der Waals surface area (Å²) in [7, 11) is 0. The van der Waals surface area contributed by atoms with Crippen molar-refractivity contribution in [2.75, 3.05) is 0 Å². The fraction of sp³-hybridized carbons (Fsp3) is 0. The maximum absolute atomic E-state index is 5.75. The van der Waals surface area contributed by atoms with Crippen LogP contribution in [0.5, 0.6) is 0 Å². The highest BCUT2D eigenvalue weighted by atomic mass is 79.9. The molecule has 0 aliphatic carbocycles. The molecule has 0 spiro atoms. The number of hydrogen-bond donors (Lipinski definition) is 0. The van der Waals surface area contributed by atoms with Crippen LogP contribution in [-0.2, 0) is 0 Å².